The zero-order valence-electron chi connectivity index (χ0n) is 15.0. The molecule has 0 nitrogen and oxygen atoms in total. The van der Waals surface area contributed by atoms with Crippen LogP contribution in [0.4, 0.5) is 0 Å². The molecule has 0 spiro atoms. The van der Waals surface area contributed by atoms with Crippen LogP contribution >= 0.6 is 0 Å². The van der Waals surface area contributed by atoms with Gasteiger partial charge in [-0.05, 0) is 0 Å². The molecule has 0 bridgehead atoms. The zero-order valence-corrected chi connectivity index (χ0v) is 17.5. The molecule has 3 rings (SSSR count). The van der Waals surface area contributed by atoms with E-state index in [1.54, 1.807) is 30.3 Å². The van der Waals surface area contributed by atoms with Crippen molar-refractivity contribution in [3.8, 4) is 11.1 Å². The first-order valence-corrected chi connectivity index (χ1v) is 9.76. The fourth-order valence-corrected chi connectivity index (χ4v) is 6.29. The van der Waals surface area contributed by atoms with E-state index in [9.17, 15) is 0 Å². The van der Waals surface area contributed by atoms with Gasteiger partial charge in [-0.2, -0.15) is 0 Å². The Hall–Kier alpha value is -0.937. The van der Waals surface area contributed by atoms with Crippen molar-refractivity contribution >= 4 is 5.57 Å². The first kappa shape index (κ1) is 16.9. The molecule has 117 valence electrons. The molecule has 0 saturated carbocycles. The van der Waals surface area contributed by atoms with Crippen LogP contribution < -0.4 is 0 Å². The summed E-state index contributed by atoms with van der Waals surface area (Å²) >= 11 is 1.60. The summed E-state index contributed by atoms with van der Waals surface area (Å²) in [4.78, 5) is 0. The molecule has 0 aliphatic heterocycles. The molecule has 0 amide bonds. The van der Waals surface area contributed by atoms with Gasteiger partial charge in [-0.15, -0.1) is 0 Å². The number of hydrogen-bond acceptors (Lipinski definition) is 0. The van der Waals surface area contributed by atoms with Gasteiger partial charge >= 0.3 is 156 Å². The van der Waals surface area contributed by atoms with E-state index in [4.69, 9.17) is 0 Å². The molecule has 0 heterocycles. The van der Waals surface area contributed by atoms with Gasteiger partial charge in [0.25, 0.3) is 0 Å². The van der Waals surface area contributed by atoms with Gasteiger partial charge in [0, 0.05) is 0 Å². The molecule has 1 aliphatic rings. The van der Waals surface area contributed by atoms with Crippen molar-refractivity contribution in [3.05, 3.63) is 64.2 Å². The summed E-state index contributed by atoms with van der Waals surface area (Å²) < 4.78 is 0.600. The van der Waals surface area contributed by atoms with Gasteiger partial charge in [0.15, 0.2) is 0 Å². The van der Waals surface area contributed by atoms with Gasteiger partial charge in [-0.3, -0.25) is 0 Å². The second-order valence-electron chi connectivity index (χ2n) is 7.87. The van der Waals surface area contributed by atoms with Crippen molar-refractivity contribution in [1.29, 1.82) is 0 Å². The zero-order chi connectivity index (χ0) is 16.9. The van der Waals surface area contributed by atoms with Crippen LogP contribution in [0, 0.1) is 19.3 Å². The molecule has 23 heavy (non-hydrogen) atoms. The van der Waals surface area contributed by atoms with E-state index < -0.39 is 0 Å². The molecule has 1 atom stereocenters. The quantitative estimate of drug-likeness (QED) is 0.537. The van der Waals surface area contributed by atoms with Crippen LogP contribution in [0.2, 0.25) is 0 Å². The summed E-state index contributed by atoms with van der Waals surface area (Å²) in [5.74, 6) is 0. The second kappa shape index (κ2) is 5.85. The van der Waals surface area contributed by atoms with Gasteiger partial charge in [0.2, 0.25) is 0 Å². The van der Waals surface area contributed by atoms with E-state index in [1.165, 1.54) is 39.0 Å². The third-order valence-electron chi connectivity index (χ3n) is 4.82. The number of aryl methyl sites for hydroxylation is 2. The van der Waals surface area contributed by atoms with Crippen LogP contribution in [0.25, 0.3) is 16.7 Å². The van der Waals surface area contributed by atoms with Crippen molar-refractivity contribution in [2.24, 2.45) is 5.41 Å². The van der Waals surface area contributed by atoms with E-state index in [2.05, 4.69) is 77.9 Å². The van der Waals surface area contributed by atoms with Crippen molar-refractivity contribution < 1.29 is 24.7 Å². The summed E-state index contributed by atoms with van der Waals surface area (Å²) in [5, 5.41) is 0. The average Bonchev–Trinajstić information content (AvgIpc) is 2.69. The number of fused-ring (bicyclic) bond motifs is 1. The molecule has 0 saturated heterocycles. The Balaban J connectivity index is 2.28. The summed E-state index contributed by atoms with van der Waals surface area (Å²) in [7, 11) is 0. The maximum absolute atomic E-state index is 2.35. The van der Waals surface area contributed by atoms with Crippen molar-refractivity contribution in [2.75, 3.05) is 0 Å². The van der Waals surface area contributed by atoms with Crippen LogP contribution in [0.15, 0.2) is 42.0 Å². The van der Waals surface area contributed by atoms with E-state index in [1.807, 2.05) is 0 Å². The van der Waals surface area contributed by atoms with Crippen LogP contribution in [0.3, 0.4) is 0 Å². The Morgan fingerprint density at radius 2 is 1.52 bits per heavy atom. The number of benzene rings is 2. The maximum atomic E-state index is 2.35. The van der Waals surface area contributed by atoms with Crippen LogP contribution in [-0.4, -0.2) is 0 Å². The summed E-state index contributed by atoms with van der Waals surface area (Å²) in [6.45, 7) is 13.8. The monoisotopic (exact) mass is 379 g/mol. The molecule has 1 aliphatic carbocycles. The van der Waals surface area contributed by atoms with Gasteiger partial charge < -0.3 is 0 Å². The molecule has 1 unspecified atom stereocenters. The van der Waals surface area contributed by atoms with Gasteiger partial charge in [-0.25, -0.2) is 0 Å². The standard InChI is InChI=1S/C22H25.Zr/c1-14-10-15(2)12-18(11-14)19-9-7-8-17-13-20(22(4,5)6)16(3)21(17)19;/h7-13H,1-6H3;. The van der Waals surface area contributed by atoms with Gasteiger partial charge in [0.05, 0.1) is 0 Å². The first-order chi connectivity index (χ1) is 10.7. The minimum absolute atomic E-state index is 0.233. The van der Waals surface area contributed by atoms with E-state index in [0.717, 1.165) is 0 Å². The number of rotatable bonds is 1. The van der Waals surface area contributed by atoms with Crippen molar-refractivity contribution in [2.45, 2.75) is 45.2 Å². The fourth-order valence-electron chi connectivity index (χ4n) is 4.10. The molecular formula is C22H25Zr. The number of allylic oxidation sites excluding steroid dienone is 2. The van der Waals surface area contributed by atoms with Crippen LogP contribution in [0.1, 0.15) is 53.6 Å². The summed E-state index contributed by atoms with van der Waals surface area (Å²) in [6, 6.07) is 13.8. The molecule has 0 N–H and O–H groups in total. The Morgan fingerprint density at radius 1 is 0.913 bits per heavy atom. The van der Waals surface area contributed by atoms with Crippen molar-refractivity contribution in [1.82, 2.24) is 0 Å². The van der Waals surface area contributed by atoms with Crippen molar-refractivity contribution in [3.63, 3.8) is 0 Å². The SMILES string of the molecule is CC1=C(C(C)(C)C)[CH]([Zr])c2cccc(-c3cc(C)cc(C)c3)c21. The Bertz CT molecular complexity index is 783. The summed E-state index contributed by atoms with van der Waals surface area (Å²) in [6.07, 6.45) is 0. The van der Waals surface area contributed by atoms with E-state index >= 15 is 0 Å². The predicted molar refractivity (Wildman–Crippen MR) is 96.1 cm³/mol. The second-order valence-corrected chi connectivity index (χ2v) is 9.29. The Labute approximate surface area is 155 Å². The topological polar surface area (TPSA) is 0 Å². The molecule has 0 fully saturated rings. The molecule has 1 heteroatoms. The first-order valence-electron chi connectivity index (χ1n) is 8.34. The van der Waals surface area contributed by atoms with Gasteiger partial charge in [0.1, 0.15) is 0 Å². The number of hydrogen-bond donors (Lipinski definition) is 0. The summed E-state index contributed by atoms with van der Waals surface area (Å²) in [5.41, 5.74) is 11.8. The average molecular weight is 381 g/mol. The molecule has 0 radical (unpaired) electrons. The van der Waals surface area contributed by atoms with E-state index in [-0.39, 0.29) is 5.41 Å². The third-order valence-corrected chi connectivity index (χ3v) is 6.29. The Morgan fingerprint density at radius 3 is 2.09 bits per heavy atom. The molecule has 2 aromatic rings. The van der Waals surface area contributed by atoms with Gasteiger partial charge in [-0.1, -0.05) is 0 Å². The predicted octanol–water partition coefficient (Wildman–Crippen LogP) is 6.39. The minimum atomic E-state index is 0.233. The molecule has 2 aromatic carbocycles. The Kier molecular flexibility index (Phi) is 4.30. The van der Waals surface area contributed by atoms with Crippen LogP contribution in [-0.2, 0) is 24.7 Å². The normalized spacial score (nSPS) is 17.5. The fraction of sp³-hybridized carbons (Fsp3) is 0.364. The third kappa shape index (κ3) is 2.94. The van der Waals surface area contributed by atoms with E-state index in [0.29, 0.717) is 3.63 Å². The molecular weight excluding hydrogens is 355 g/mol. The molecule has 0 aromatic heterocycles. The van der Waals surface area contributed by atoms with Crippen LogP contribution in [0.5, 0.6) is 0 Å².